The van der Waals surface area contributed by atoms with Gasteiger partial charge >= 0.3 is 0 Å². The number of hydrogen-bond acceptors (Lipinski definition) is 3. The summed E-state index contributed by atoms with van der Waals surface area (Å²) in [6.45, 7) is 10.4. The number of nitrogens with zero attached hydrogens (tertiary/aromatic N) is 2. The average molecular weight is 301 g/mol. The molecule has 122 valence electrons. The molecule has 2 aliphatic heterocycles. The molecule has 2 aliphatic rings. The van der Waals surface area contributed by atoms with Crippen molar-refractivity contribution in [1.82, 2.24) is 15.1 Å². The first-order chi connectivity index (χ1) is 10.8. The van der Waals surface area contributed by atoms with Crippen LogP contribution in [-0.2, 0) is 6.54 Å². The molecule has 1 aromatic rings. The standard InChI is InChI=1S/C19H31N3/c1-3-21(4-2)15-18-13-17-11-8-12-20-19(17)22(18)14-16-9-6-5-7-10-16/h5-7,9-10,17-20H,3-4,8,11-15H2,1-2H3. The van der Waals surface area contributed by atoms with Crippen molar-refractivity contribution < 1.29 is 0 Å². The zero-order valence-corrected chi connectivity index (χ0v) is 14.2. The lowest BCUT2D eigenvalue weighted by Crippen LogP contribution is -2.51. The van der Waals surface area contributed by atoms with Gasteiger partial charge in [0.1, 0.15) is 0 Å². The smallest absolute Gasteiger partial charge is 0.0632 e. The van der Waals surface area contributed by atoms with Crippen LogP contribution in [0.25, 0.3) is 0 Å². The summed E-state index contributed by atoms with van der Waals surface area (Å²) in [5, 5.41) is 3.80. The first-order valence-electron chi connectivity index (χ1n) is 9.07. The normalized spacial score (nSPS) is 29.0. The summed E-state index contributed by atoms with van der Waals surface area (Å²) in [5.74, 6) is 0.845. The molecule has 22 heavy (non-hydrogen) atoms. The zero-order valence-electron chi connectivity index (χ0n) is 14.2. The molecule has 0 amide bonds. The minimum atomic E-state index is 0.592. The van der Waals surface area contributed by atoms with E-state index in [0.717, 1.165) is 25.6 Å². The molecule has 2 saturated heterocycles. The van der Waals surface area contributed by atoms with Gasteiger partial charge in [-0.25, -0.2) is 0 Å². The quantitative estimate of drug-likeness (QED) is 0.871. The van der Waals surface area contributed by atoms with Crippen LogP contribution in [0.1, 0.15) is 38.7 Å². The van der Waals surface area contributed by atoms with E-state index < -0.39 is 0 Å². The second-order valence-electron chi connectivity index (χ2n) is 6.83. The highest BCUT2D eigenvalue weighted by Gasteiger charge is 2.42. The van der Waals surface area contributed by atoms with Crippen LogP contribution in [0, 0.1) is 5.92 Å². The van der Waals surface area contributed by atoms with Gasteiger partial charge in [0.25, 0.3) is 0 Å². The number of likely N-dealkylation sites (tertiary alicyclic amines) is 1. The summed E-state index contributed by atoms with van der Waals surface area (Å²) in [7, 11) is 0. The number of likely N-dealkylation sites (N-methyl/N-ethyl adjacent to an activating group) is 1. The van der Waals surface area contributed by atoms with Crippen molar-refractivity contribution in [1.29, 1.82) is 0 Å². The Balaban J connectivity index is 1.74. The fraction of sp³-hybridized carbons (Fsp3) is 0.684. The maximum absolute atomic E-state index is 3.80. The molecule has 3 nitrogen and oxygen atoms in total. The minimum absolute atomic E-state index is 0.592. The molecular weight excluding hydrogens is 270 g/mol. The molecule has 3 unspecified atom stereocenters. The van der Waals surface area contributed by atoms with E-state index in [9.17, 15) is 0 Å². The summed E-state index contributed by atoms with van der Waals surface area (Å²) in [6, 6.07) is 11.7. The predicted octanol–water partition coefficient (Wildman–Crippen LogP) is 2.93. The number of fused-ring (bicyclic) bond motifs is 1. The average Bonchev–Trinajstić information content (AvgIpc) is 2.91. The van der Waals surface area contributed by atoms with E-state index in [0.29, 0.717) is 12.2 Å². The monoisotopic (exact) mass is 301 g/mol. The molecule has 0 spiro atoms. The van der Waals surface area contributed by atoms with Gasteiger partial charge in [-0.05, 0) is 50.4 Å². The number of hydrogen-bond donors (Lipinski definition) is 1. The van der Waals surface area contributed by atoms with E-state index in [1.807, 2.05) is 0 Å². The van der Waals surface area contributed by atoms with Gasteiger partial charge in [0.05, 0.1) is 6.17 Å². The van der Waals surface area contributed by atoms with Crippen molar-refractivity contribution in [2.75, 3.05) is 26.2 Å². The van der Waals surface area contributed by atoms with E-state index in [2.05, 4.69) is 59.3 Å². The number of rotatable bonds is 6. The number of benzene rings is 1. The van der Waals surface area contributed by atoms with Crippen molar-refractivity contribution in [3.8, 4) is 0 Å². The Morgan fingerprint density at radius 2 is 1.95 bits per heavy atom. The lowest BCUT2D eigenvalue weighted by Gasteiger charge is -2.36. The zero-order chi connectivity index (χ0) is 15.4. The van der Waals surface area contributed by atoms with E-state index in [1.54, 1.807) is 0 Å². The molecular formula is C19H31N3. The fourth-order valence-electron chi connectivity index (χ4n) is 4.27. The molecule has 2 fully saturated rings. The highest BCUT2D eigenvalue weighted by Crippen LogP contribution is 2.35. The summed E-state index contributed by atoms with van der Waals surface area (Å²) >= 11 is 0. The molecule has 3 atom stereocenters. The van der Waals surface area contributed by atoms with Gasteiger partial charge in [0, 0.05) is 19.1 Å². The van der Waals surface area contributed by atoms with Gasteiger partial charge < -0.3 is 10.2 Å². The Morgan fingerprint density at radius 1 is 1.18 bits per heavy atom. The first kappa shape index (κ1) is 16.0. The molecule has 0 aromatic heterocycles. The van der Waals surface area contributed by atoms with Crippen molar-refractivity contribution in [2.45, 2.75) is 51.9 Å². The Hall–Kier alpha value is -0.900. The van der Waals surface area contributed by atoms with Crippen LogP contribution in [0.15, 0.2) is 30.3 Å². The van der Waals surface area contributed by atoms with Gasteiger partial charge in [-0.3, -0.25) is 4.90 Å². The topological polar surface area (TPSA) is 18.5 Å². The Kier molecular flexibility index (Phi) is 5.51. The minimum Gasteiger partial charge on any atom is -0.302 e. The van der Waals surface area contributed by atoms with Crippen LogP contribution < -0.4 is 5.32 Å². The molecule has 3 rings (SSSR count). The second-order valence-corrected chi connectivity index (χ2v) is 6.83. The van der Waals surface area contributed by atoms with Crippen molar-refractivity contribution in [3.63, 3.8) is 0 Å². The van der Waals surface area contributed by atoms with Crippen molar-refractivity contribution in [3.05, 3.63) is 35.9 Å². The SMILES string of the molecule is CCN(CC)CC1CC2CCCNC2N1Cc1ccccc1. The maximum atomic E-state index is 3.80. The second kappa shape index (κ2) is 7.58. The van der Waals surface area contributed by atoms with Gasteiger partial charge in [0.15, 0.2) is 0 Å². The summed E-state index contributed by atoms with van der Waals surface area (Å²) in [5.41, 5.74) is 1.44. The van der Waals surface area contributed by atoms with Gasteiger partial charge in [-0.15, -0.1) is 0 Å². The Labute approximate surface area is 135 Å². The first-order valence-corrected chi connectivity index (χ1v) is 9.07. The lowest BCUT2D eigenvalue weighted by atomic mass is 9.94. The summed E-state index contributed by atoms with van der Waals surface area (Å²) in [4.78, 5) is 5.33. The third-order valence-corrected chi connectivity index (χ3v) is 5.52. The molecule has 2 heterocycles. The van der Waals surface area contributed by atoms with Crippen LogP contribution in [0.4, 0.5) is 0 Å². The molecule has 0 saturated carbocycles. The summed E-state index contributed by atoms with van der Waals surface area (Å²) in [6.07, 6.45) is 4.70. The van der Waals surface area contributed by atoms with Crippen LogP contribution in [-0.4, -0.2) is 48.2 Å². The molecule has 0 bridgehead atoms. The fourth-order valence-corrected chi connectivity index (χ4v) is 4.27. The molecule has 1 N–H and O–H groups in total. The number of nitrogens with one attached hydrogen (secondary N) is 1. The van der Waals surface area contributed by atoms with E-state index in [-0.39, 0.29) is 0 Å². The number of piperidine rings is 1. The highest BCUT2D eigenvalue weighted by molar-refractivity contribution is 5.15. The maximum Gasteiger partial charge on any atom is 0.0632 e. The van der Waals surface area contributed by atoms with Crippen LogP contribution in [0.5, 0.6) is 0 Å². The highest BCUT2D eigenvalue weighted by atomic mass is 15.3. The molecule has 1 aromatic carbocycles. The molecule has 0 radical (unpaired) electrons. The van der Waals surface area contributed by atoms with E-state index in [1.165, 1.54) is 37.9 Å². The van der Waals surface area contributed by atoms with Crippen LogP contribution in [0.2, 0.25) is 0 Å². The van der Waals surface area contributed by atoms with Gasteiger partial charge in [0.2, 0.25) is 0 Å². The lowest BCUT2D eigenvalue weighted by molar-refractivity contribution is 0.104. The van der Waals surface area contributed by atoms with Crippen molar-refractivity contribution >= 4 is 0 Å². The Bertz CT molecular complexity index is 443. The molecule has 0 aliphatic carbocycles. The molecule has 3 heteroatoms. The Morgan fingerprint density at radius 3 is 2.68 bits per heavy atom. The van der Waals surface area contributed by atoms with Crippen LogP contribution in [0.3, 0.4) is 0 Å². The van der Waals surface area contributed by atoms with Gasteiger partial charge in [-0.1, -0.05) is 44.2 Å². The predicted molar refractivity (Wildman–Crippen MR) is 92.7 cm³/mol. The largest absolute Gasteiger partial charge is 0.302 e. The third kappa shape index (κ3) is 3.53. The third-order valence-electron chi connectivity index (χ3n) is 5.52. The van der Waals surface area contributed by atoms with Crippen LogP contribution >= 0.6 is 0 Å². The van der Waals surface area contributed by atoms with E-state index in [4.69, 9.17) is 0 Å². The van der Waals surface area contributed by atoms with Crippen molar-refractivity contribution in [2.24, 2.45) is 5.92 Å². The van der Waals surface area contributed by atoms with Gasteiger partial charge in [-0.2, -0.15) is 0 Å². The summed E-state index contributed by atoms with van der Waals surface area (Å²) < 4.78 is 0. The van der Waals surface area contributed by atoms with E-state index >= 15 is 0 Å².